The first-order valence-electron chi connectivity index (χ1n) is 7.83. The van der Waals surface area contributed by atoms with Gasteiger partial charge >= 0.3 is 0 Å². The maximum absolute atomic E-state index is 11.9. The van der Waals surface area contributed by atoms with Crippen molar-refractivity contribution in [3.8, 4) is 16.9 Å². The lowest BCUT2D eigenvalue weighted by Crippen LogP contribution is -2.24. The number of para-hydroxylation sites is 1. The fraction of sp³-hybridized carbons (Fsp3) is 0.0500. The largest absolute Gasteiger partial charge is 0.483 e. The summed E-state index contributed by atoms with van der Waals surface area (Å²) in [6.07, 6.45) is 3.14. The van der Waals surface area contributed by atoms with Gasteiger partial charge in [-0.25, -0.2) is 5.43 Å². The summed E-state index contributed by atoms with van der Waals surface area (Å²) in [5.41, 5.74) is 5.06. The van der Waals surface area contributed by atoms with Crippen molar-refractivity contribution in [2.75, 3.05) is 6.61 Å². The molecule has 0 saturated heterocycles. The lowest BCUT2D eigenvalue weighted by molar-refractivity contribution is -0.123. The summed E-state index contributed by atoms with van der Waals surface area (Å²) in [7, 11) is 0. The van der Waals surface area contributed by atoms with Crippen molar-refractivity contribution >= 4 is 12.1 Å². The average molecular weight is 331 g/mol. The SMILES string of the molecule is O=C(COc1ccccc1-c1ccccc1)N/N=C\c1ccccn1. The molecule has 1 heterocycles. The van der Waals surface area contributed by atoms with Crippen LogP contribution in [0, 0.1) is 0 Å². The van der Waals surface area contributed by atoms with Crippen LogP contribution < -0.4 is 10.2 Å². The number of nitrogens with one attached hydrogen (secondary N) is 1. The van der Waals surface area contributed by atoms with E-state index in [-0.39, 0.29) is 12.5 Å². The Kier molecular flexibility index (Phi) is 5.51. The second-order valence-electron chi connectivity index (χ2n) is 5.20. The predicted molar refractivity (Wildman–Crippen MR) is 97.3 cm³/mol. The summed E-state index contributed by atoms with van der Waals surface area (Å²) in [6, 6.07) is 22.9. The topological polar surface area (TPSA) is 63.6 Å². The van der Waals surface area contributed by atoms with Gasteiger partial charge in [-0.3, -0.25) is 9.78 Å². The fourth-order valence-corrected chi connectivity index (χ4v) is 2.25. The van der Waals surface area contributed by atoms with E-state index in [0.29, 0.717) is 11.4 Å². The van der Waals surface area contributed by atoms with Crippen LogP contribution in [0.15, 0.2) is 84.1 Å². The number of aromatic nitrogens is 1. The van der Waals surface area contributed by atoms with Crippen LogP contribution in [-0.4, -0.2) is 23.7 Å². The van der Waals surface area contributed by atoms with E-state index in [1.54, 1.807) is 12.3 Å². The molecule has 1 aromatic heterocycles. The van der Waals surface area contributed by atoms with Crippen molar-refractivity contribution in [3.63, 3.8) is 0 Å². The summed E-state index contributed by atoms with van der Waals surface area (Å²) >= 11 is 0. The van der Waals surface area contributed by atoms with Gasteiger partial charge in [0.2, 0.25) is 0 Å². The summed E-state index contributed by atoms with van der Waals surface area (Å²) in [5, 5.41) is 3.87. The molecule has 0 aliphatic heterocycles. The van der Waals surface area contributed by atoms with Crippen LogP contribution in [0.1, 0.15) is 5.69 Å². The van der Waals surface area contributed by atoms with Crippen molar-refractivity contribution in [3.05, 3.63) is 84.7 Å². The monoisotopic (exact) mass is 331 g/mol. The standard InChI is InChI=1S/C20H17N3O2/c24-20(23-22-14-17-10-6-7-13-21-17)15-25-19-12-5-4-11-18(19)16-8-2-1-3-9-16/h1-14H,15H2,(H,23,24)/b22-14-. The number of nitrogens with zero attached hydrogens (tertiary/aromatic N) is 2. The van der Waals surface area contributed by atoms with Crippen LogP contribution in [0.2, 0.25) is 0 Å². The number of ether oxygens (including phenoxy) is 1. The Hall–Kier alpha value is -3.47. The van der Waals surface area contributed by atoms with E-state index in [4.69, 9.17) is 4.74 Å². The predicted octanol–water partition coefficient (Wildman–Crippen LogP) is 3.28. The minimum Gasteiger partial charge on any atom is -0.483 e. The van der Waals surface area contributed by atoms with Gasteiger partial charge in [0.1, 0.15) is 5.75 Å². The van der Waals surface area contributed by atoms with Crippen molar-refractivity contribution < 1.29 is 9.53 Å². The van der Waals surface area contributed by atoms with Crippen LogP contribution in [0.25, 0.3) is 11.1 Å². The summed E-state index contributed by atoms with van der Waals surface area (Å²) in [4.78, 5) is 16.0. The summed E-state index contributed by atoms with van der Waals surface area (Å²) in [5.74, 6) is 0.313. The highest BCUT2D eigenvalue weighted by Gasteiger charge is 2.07. The second-order valence-corrected chi connectivity index (χ2v) is 5.20. The van der Waals surface area contributed by atoms with E-state index < -0.39 is 0 Å². The highest BCUT2D eigenvalue weighted by molar-refractivity contribution is 5.81. The van der Waals surface area contributed by atoms with Crippen LogP contribution >= 0.6 is 0 Å². The second kappa shape index (κ2) is 8.40. The number of benzene rings is 2. The number of hydrazone groups is 1. The molecule has 3 rings (SSSR count). The third kappa shape index (κ3) is 4.75. The lowest BCUT2D eigenvalue weighted by atomic mass is 10.1. The molecule has 0 radical (unpaired) electrons. The normalized spacial score (nSPS) is 10.6. The van der Waals surface area contributed by atoms with Gasteiger partial charge in [-0.15, -0.1) is 0 Å². The van der Waals surface area contributed by atoms with Crippen molar-refractivity contribution in [1.82, 2.24) is 10.4 Å². The number of hydrogen-bond donors (Lipinski definition) is 1. The number of carbonyl (C=O) groups is 1. The third-order valence-corrected chi connectivity index (χ3v) is 3.40. The Morgan fingerprint density at radius 3 is 2.56 bits per heavy atom. The van der Waals surface area contributed by atoms with Gasteiger partial charge < -0.3 is 4.74 Å². The zero-order valence-corrected chi connectivity index (χ0v) is 13.5. The molecule has 0 spiro atoms. The van der Waals surface area contributed by atoms with E-state index in [2.05, 4.69) is 15.5 Å². The molecule has 5 nitrogen and oxygen atoms in total. The first kappa shape index (κ1) is 16.4. The fourth-order valence-electron chi connectivity index (χ4n) is 2.25. The number of carbonyl (C=O) groups excluding carboxylic acids is 1. The maximum Gasteiger partial charge on any atom is 0.277 e. The molecule has 0 unspecified atom stereocenters. The highest BCUT2D eigenvalue weighted by atomic mass is 16.5. The molecule has 0 fully saturated rings. The van der Waals surface area contributed by atoms with Gasteiger partial charge in [0.15, 0.2) is 6.61 Å². The molecular formula is C20H17N3O2. The number of hydrogen-bond acceptors (Lipinski definition) is 4. The molecule has 0 aliphatic rings. The molecule has 0 bridgehead atoms. The van der Waals surface area contributed by atoms with Crippen molar-refractivity contribution in [2.45, 2.75) is 0 Å². The van der Waals surface area contributed by atoms with Gasteiger partial charge in [0.25, 0.3) is 5.91 Å². The van der Waals surface area contributed by atoms with Crippen molar-refractivity contribution in [1.29, 1.82) is 0 Å². The highest BCUT2D eigenvalue weighted by Crippen LogP contribution is 2.29. The molecule has 2 aromatic carbocycles. The zero-order valence-electron chi connectivity index (χ0n) is 13.5. The molecule has 0 atom stereocenters. The molecule has 5 heteroatoms. The first-order valence-corrected chi connectivity index (χ1v) is 7.83. The number of amides is 1. The third-order valence-electron chi connectivity index (χ3n) is 3.40. The van der Waals surface area contributed by atoms with E-state index in [9.17, 15) is 4.79 Å². The Labute approximate surface area is 146 Å². The van der Waals surface area contributed by atoms with Gasteiger partial charge in [0.05, 0.1) is 11.9 Å². The Morgan fingerprint density at radius 2 is 1.76 bits per heavy atom. The molecule has 25 heavy (non-hydrogen) atoms. The maximum atomic E-state index is 11.9. The molecule has 1 amide bonds. The summed E-state index contributed by atoms with van der Waals surface area (Å²) in [6.45, 7) is -0.122. The van der Waals surface area contributed by atoms with Gasteiger partial charge in [-0.05, 0) is 23.8 Å². The first-order chi connectivity index (χ1) is 12.3. The van der Waals surface area contributed by atoms with Crippen LogP contribution in [0.5, 0.6) is 5.75 Å². The van der Waals surface area contributed by atoms with E-state index in [1.807, 2.05) is 66.7 Å². The average Bonchev–Trinajstić information content (AvgIpc) is 2.68. The molecular weight excluding hydrogens is 314 g/mol. The molecule has 0 aliphatic carbocycles. The van der Waals surface area contributed by atoms with E-state index >= 15 is 0 Å². The van der Waals surface area contributed by atoms with Crippen molar-refractivity contribution in [2.24, 2.45) is 5.10 Å². The summed E-state index contributed by atoms with van der Waals surface area (Å²) < 4.78 is 5.65. The Morgan fingerprint density at radius 1 is 1.00 bits per heavy atom. The number of rotatable bonds is 6. The Balaban J connectivity index is 1.59. The van der Waals surface area contributed by atoms with Gasteiger partial charge in [0, 0.05) is 11.8 Å². The van der Waals surface area contributed by atoms with Crippen LogP contribution in [0.3, 0.4) is 0 Å². The van der Waals surface area contributed by atoms with Gasteiger partial charge in [-0.1, -0.05) is 54.6 Å². The van der Waals surface area contributed by atoms with E-state index in [1.165, 1.54) is 6.21 Å². The minimum absolute atomic E-state index is 0.122. The molecule has 0 saturated carbocycles. The van der Waals surface area contributed by atoms with Gasteiger partial charge in [-0.2, -0.15) is 5.10 Å². The molecule has 124 valence electrons. The number of pyridine rings is 1. The van der Waals surface area contributed by atoms with Crippen LogP contribution in [0.4, 0.5) is 0 Å². The Bertz CT molecular complexity index is 849. The van der Waals surface area contributed by atoms with E-state index in [0.717, 1.165) is 11.1 Å². The zero-order chi connectivity index (χ0) is 17.3. The minimum atomic E-state index is -0.338. The quantitative estimate of drug-likeness (QED) is 0.557. The lowest BCUT2D eigenvalue weighted by Gasteiger charge is -2.10. The van der Waals surface area contributed by atoms with Crippen LogP contribution in [-0.2, 0) is 4.79 Å². The molecule has 1 N–H and O–H groups in total. The smallest absolute Gasteiger partial charge is 0.277 e. The molecule has 3 aromatic rings.